The van der Waals surface area contributed by atoms with Crippen LogP contribution >= 0.6 is 11.6 Å². The van der Waals surface area contributed by atoms with Gasteiger partial charge in [0.15, 0.2) is 0 Å². The summed E-state index contributed by atoms with van der Waals surface area (Å²) >= 11 is 5.77. The number of nitrogens with one attached hydrogen (secondary N) is 1. The highest BCUT2D eigenvalue weighted by molar-refractivity contribution is 6.18. The number of rotatable bonds is 9. The van der Waals surface area contributed by atoms with Crippen LogP contribution in [0.5, 0.6) is 0 Å². The Bertz CT molecular complexity index is 395. The Morgan fingerprint density at radius 3 is 2.55 bits per heavy atom. The molecule has 0 aromatic heterocycles. The second-order valence-electron chi connectivity index (χ2n) is 5.69. The first kappa shape index (κ1) is 17.2. The highest BCUT2D eigenvalue weighted by Crippen LogP contribution is 2.17. The molecule has 0 aliphatic heterocycles. The third-order valence-electron chi connectivity index (χ3n) is 3.26. The minimum absolute atomic E-state index is 0.130. The first-order chi connectivity index (χ1) is 9.48. The molecule has 3 nitrogen and oxygen atoms in total. The van der Waals surface area contributed by atoms with Crippen LogP contribution in [0.1, 0.15) is 19.4 Å². The van der Waals surface area contributed by atoms with Crippen molar-refractivity contribution in [2.45, 2.75) is 32.4 Å². The summed E-state index contributed by atoms with van der Waals surface area (Å²) in [6, 6.07) is 9.84. The fourth-order valence-electron chi connectivity index (χ4n) is 1.96. The Morgan fingerprint density at radius 2 is 2.00 bits per heavy atom. The molecule has 0 amide bonds. The maximum atomic E-state index is 10.6. The Morgan fingerprint density at radius 1 is 1.35 bits per heavy atom. The van der Waals surface area contributed by atoms with Crippen LogP contribution in [0.25, 0.3) is 0 Å². The van der Waals surface area contributed by atoms with E-state index in [1.807, 2.05) is 44.2 Å². The molecule has 1 radical (unpaired) electrons. The molecule has 0 saturated carbocycles. The van der Waals surface area contributed by atoms with Crippen molar-refractivity contribution in [3.8, 4) is 0 Å². The Balaban J connectivity index is 2.63. The van der Waals surface area contributed by atoms with Crippen molar-refractivity contribution in [2.24, 2.45) is 5.41 Å². The molecule has 0 bridgehead atoms. The van der Waals surface area contributed by atoms with Crippen LogP contribution in [0.4, 0.5) is 0 Å². The molecule has 1 rings (SSSR count). The predicted molar refractivity (Wildman–Crippen MR) is 82.8 cm³/mol. The van der Waals surface area contributed by atoms with E-state index < -0.39 is 6.10 Å². The summed E-state index contributed by atoms with van der Waals surface area (Å²) in [5.41, 5.74) is 0.897. The molecular formula is C16H23ClNO2. The average molecular weight is 297 g/mol. The highest BCUT2D eigenvalue weighted by Gasteiger charge is 2.23. The van der Waals surface area contributed by atoms with Gasteiger partial charge in [-0.1, -0.05) is 44.2 Å². The molecule has 111 valence electrons. The van der Waals surface area contributed by atoms with E-state index in [-0.39, 0.29) is 17.3 Å². The first-order valence-corrected chi connectivity index (χ1v) is 7.33. The molecule has 1 aromatic carbocycles. The second kappa shape index (κ2) is 8.40. The minimum Gasteiger partial charge on any atom is -0.390 e. The molecule has 2 atom stereocenters. The molecule has 0 aliphatic carbocycles. The number of aliphatic hydroxyl groups is 1. The van der Waals surface area contributed by atoms with Gasteiger partial charge in [0.1, 0.15) is 6.29 Å². The van der Waals surface area contributed by atoms with Crippen molar-refractivity contribution in [1.82, 2.24) is 5.32 Å². The van der Waals surface area contributed by atoms with E-state index >= 15 is 0 Å². The average Bonchev–Trinajstić information content (AvgIpc) is 2.43. The van der Waals surface area contributed by atoms with E-state index in [1.165, 1.54) is 0 Å². The van der Waals surface area contributed by atoms with Gasteiger partial charge in [-0.25, -0.2) is 0 Å². The maximum Gasteiger partial charge on any atom is 0.124 e. The predicted octanol–water partition coefficient (Wildman–Crippen LogP) is 2.22. The van der Waals surface area contributed by atoms with Gasteiger partial charge in [-0.3, -0.25) is 0 Å². The minimum atomic E-state index is -0.621. The molecule has 0 aliphatic rings. The zero-order valence-corrected chi connectivity index (χ0v) is 12.8. The van der Waals surface area contributed by atoms with E-state index in [1.54, 1.807) is 6.42 Å². The van der Waals surface area contributed by atoms with Crippen molar-refractivity contribution in [1.29, 1.82) is 0 Å². The molecule has 0 saturated heterocycles. The van der Waals surface area contributed by atoms with Gasteiger partial charge >= 0.3 is 0 Å². The Hall–Kier alpha value is -0.900. The zero-order chi connectivity index (χ0) is 15.0. The first-order valence-electron chi connectivity index (χ1n) is 6.79. The lowest BCUT2D eigenvalue weighted by Crippen LogP contribution is -2.46. The summed E-state index contributed by atoms with van der Waals surface area (Å²) in [7, 11) is 0. The number of benzene rings is 1. The van der Waals surface area contributed by atoms with Crippen LogP contribution in [0, 0.1) is 11.8 Å². The van der Waals surface area contributed by atoms with Gasteiger partial charge in [0, 0.05) is 24.9 Å². The lowest BCUT2D eigenvalue weighted by atomic mass is 9.89. The van der Waals surface area contributed by atoms with Gasteiger partial charge in [0.2, 0.25) is 0 Å². The molecule has 0 spiro atoms. The Kier molecular flexibility index (Phi) is 7.20. The highest BCUT2D eigenvalue weighted by atomic mass is 35.5. The number of halogens is 1. The molecule has 0 unspecified atom stereocenters. The number of carbonyl (C=O) groups is 1. The number of aldehydes is 1. The summed E-state index contributed by atoms with van der Waals surface area (Å²) in [5.74, 6) is 0.183. The van der Waals surface area contributed by atoms with E-state index in [4.69, 9.17) is 11.6 Å². The van der Waals surface area contributed by atoms with E-state index in [9.17, 15) is 9.90 Å². The van der Waals surface area contributed by atoms with Crippen LogP contribution in [0.2, 0.25) is 0 Å². The number of carbonyl (C=O) groups excluding carboxylic acids is 1. The monoisotopic (exact) mass is 296 g/mol. The van der Waals surface area contributed by atoms with Crippen molar-refractivity contribution in [3.05, 3.63) is 42.3 Å². The lowest BCUT2D eigenvalue weighted by molar-refractivity contribution is -0.106. The quantitative estimate of drug-likeness (QED) is 0.543. The van der Waals surface area contributed by atoms with Gasteiger partial charge in [-0.05, 0) is 17.4 Å². The normalized spacial score (nSPS) is 14.8. The van der Waals surface area contributed by atoms with Crippen LogP contribution in [0.15, 0.2) is 30.3 Å². The van der Waals surface area contributed by atoms with Crippen molar-refractivity contribution < 1.29 is 9.90 Å². The standard InChI is InChI=1S/C16H23ClNO2/c1-16(2,8-9-19)12-18-14(15(20)11-17)10-13-6-4-3-5-7-13/h3-9,14-15,18,20H,10-12H2,1-2H3/t14-,15-/m0/s1. The van der Waals surface area contributed by atoms with Gasteiger partial charge in [-0.2, -0.15) is 0 Å². The molecular weight excluding hydrogens is 274 g/mol. The Labute approximate surface area is 126 Å². The topological polar surface area (TPSA) is 49.3 Å². The fourth-order valence-corrected chi connectivity index (χ4v) is 2.17. The number of hydrogen-bond donors (Lipinski definition) is 2. The van der Waals surface area contributed by atoms with Crippen molar-refractivity contribution >= 4 is 17.9 Å². The number of aliphatic hydroxyl groups excluding tert-OH is 1. The second-order valence-corrected chi connectivity index (χ2v) is 6.00. The van der Waals surface area contributed by atoms with Crippen LogP contribution < -0.4 is 5.32 Å². The lowest BCUT2D eigenvalue weighted by Gasteiger charge is -2.29. The molecule has 0 heterocycles. The maximum absolute atomic E-state index is 10.6. The third-order valence-corrected chi connectivity index (χ3v) is 3.58. The third kappa shape index (κ3) is 6.04. The summed E-state index contributed by atoms with van der Waals surface area (Å²) in [5, 5.41) is 13.4. The van der Waals surface area contributed by atoms with E-state index in [0.717, 1.165) is 11.8 Å². The zero-order valence-electron chi connectivity index (χ0n) is 12.1. The van der Waals surface area contributed by atoms with Gasteiger partial charge in [0.25, 0.3) is 0 Å². The molecule has 1 aromatic rings. The van der Waals surface area contributed by atoms with Crippen LogP contribution in [-0.4, -0.2) is 36.0 Å². The van der Waals surface area contributed by atoms with Crippen molar-refractivity contribution in [2.75, 3.05) is 12.4 Å². The smallest absolute Gasteiger partial charge is 0.124 e. The van der Waals surface area contributed by atoms with Gasteiger partial charge in [0.05, 0.1) is 6.10 Å². The van der Waals surface area contributed by atoms with Gasteiger partial charge < -0.3 is 15.2 Å². The number of hydrogen-bond acceptors (Lipinski definition) is 3. The molecule has 20 heavy (non-hydrogen) atoms. The summed E-state index contributed by atoms with van der Waals surface area (Å²) in [4.78, 5) is 10.6. The summed E-state index contributed by atoms with van der Waals surface area (Å²) in [6.07, 6.45) is 2.51. The SMILES string of the molecule is CC(C)([CH]C=O)CN[C@@H](Cc1ccccc1)[C@@H](O)CCl. The van der Waals surface area contributed by atoms with Crippen molar-refractivity contribution in [3.63, 3.8) is 0 Å². The molecule has 4 heteroatoms. The summed E-state index contributed by atoms with van der Waals surface area (Å²) < 4.78 is 0. The van der Waals surface area contributed by atoms with Crippen LogP contribution in [-0.2, 0) is 11.2 Å². The van der Waals surface area contributed by atoms with E-state index in [0.29, 0.717) is 13.0 Å². The van der Waals surface area contributed by atoms with Gasteiger partial charge in [-0.15, -0.1) is 11.6 Å². The van der Waals surface area contributed by atoms with E-state index in [2.05, 4.69) is 5.32 Å². The number of alkyl halides is 1. The fraction of sp³-hybridized carbons (Fsp3) is 0.500. The van der Waals surface area contributed by atoms with Crippen LogP contribution in [0.3, 0.4) is 0 Å². The summed E-state index contributed by atoms with van der Waals surface area (Å²) in [6.45, 7) is 4.55. The largest absolute Gasteiger partial charge is 0.390 e. The molecule has 0 fully saturated rings. The molecule has 2 N–H and O–H groups in total.